The zero-order valence-corrected chi connectivity index (χ0v) is 5.08. The van der Waals surface area contributed by atoms with Crippen LogP contribution >= 0.6 is 11.9 Å². The SMILES string of the molecule is COC(=N)NSC#N. The lowest BCUT2D eigenvalue weighted by Gasteiger charge is -1.96. The van der Waals surface area contributed by atoms with Crippen LogP contribution in [0.2, 0.25) is 0 Å². The van der Waals surface area contributed by atoms with Crippen LogP contribution in [0.15, 0.2) is 0 Å². The summed E-state index contributed by atoms with van der Waals surface area (Å²) < 4.78 is 6.65. The molecule has 0 fully saturated rings. The van der Waals surface area contributed by atoms with Gasteiger partial charge >= 0.3 is 0 Å². The largest absolute Gasteiger partial charge is 0.468 e. The maximum atomic E-state index is 7.91. The van der Waals surface area contributed by atoms with Crippen LogP contribution in [-0.4, -0.2) is 13.1 Å². The van der Waals surface area contributed by atoms with E-state index >= 15 is 0 Å². The first-order valence-corrected chi connectivity index (χ1v) is 2.56. The van der Waals surface area contributed by atoms with Gasteiger partial charge in [0.15, 0.2) is 5.40 Å². The fraction of sp³-hybridized carbons (Fsp3) is 0.333. The molecule has 0 aromatic carbocycles. The van der Waals surface area contributed by atoms with Crippen LogP contribution in [0.4, 0.5) is 0 Å². The summed E-state index contributed by atoms with van der Waals surface area (Å²) in [5, 5.41) is 16.4. The van der Waals surface area contributed by atoms with Crippen molar-refractivity contribution in [1.82, 2.24) is 4.72 Å². The minimum Gasteiger partial charge on any atom is -0.468 e. The highest BCUT2D eigenvalue weighted by atomic mass is 32.2. The zero-order valence-electron chi connectivity index (χ0n) is 4.26. The number of nitrogens with one attached hydrogen (secondary N) is 2. The summed E-state index contributed by atoms with van der Waals surface area (Å²) in [5.74, 6) is 0. The summed E-state index contributed by atoms with van der Waals surface area (Å²) in [6.07, 6.45) is 0. The van der Waals surface area contributed by atoms with Gasteiger partial charge in [0.05, 0.1) is 19.1 Å². The maximum Gasteiger partial charge on any atom is 0.292 e. The molecule has 0 aromatic rings. The normalized spacial score (nSPS) is 7.00. The van der Waals surface area contributed by atoms with Crippen LogP contribution < -0.4 is 4.72 Å². The number of rotatable bonds is 1. The fourth-order valence-corrected chi connectivity index (χ4v) is 0.333. The molecule has 0 aliphatic rings. The van der Waals surface area contributed by atoms with E-state index in [0.29, 0.717) is 0 Å². The Bertz CT molecular complexity index is 118. The number of thiocyanates is 1. The summed E-state index contributed by atoms with van der Waals surface area (Å²) in [4.78, 5) is 0. The van der Waals surface area contributed by atoms with E-state index in [0.717, 1.165) is 11.9 Å². The molecule has 8 heavy (non-hydrogen) atoms. The summed E-state index contributed by atoms with van der Waals surface area (Å²) in [6, 6.07) is -0.114. The second kappa shape index (κ2) is 4.27. The number of amidine groups is 1. The molecule has 0 aliphatic carbocycles. The third kappa shape index (κ3) is 3.31. The highest BCUT2D eigenvalue weighted by Crippen LogP contribution is 1.85. The molecular weight excluding hydrogens is 126 g/mol. The summed E-state index contributed by atoms with van der Waals surface area (Å²) >= 11 is 0.747. The van der Waals surface area contributed by atoms with E-state index in [4.69, 9.17) is 10.7 Å². The molecule has 0 atom stereocenters. The Balaban J connectivity index is 3.15. The molecule has 5 heteroatoms. The maximum absolute atomic E-state index is 7.91. The van der Waals surface area contributed by atoms with Crippen molar-refractivity contribution in [2.75, 3.05) is 7.11 Å². The Hall–Kier alpha value is -0.890. The van der Waals surface area contributed by atoms with E-state index in [1.54, 1.807) is 5.40 Å². The first kappa shape index (κ1) is 7.11. The number of ether oxygens (including phenoxy) is 1. The van der Waals surface area contributed by atoms with Crippen molar-refractivity contribution in [2.45, 2.75) is 0 Å². The van der Waals surface area contributed by atoms with Gasteiger partial charge in [0.25, 0.3) is 6.02 Å². The van der Waals surface area contributed by atoms with E-state index in [9.17, 15) is 0 Å². The lowest BCUT2D eigenvalue weighted by atomic mass is 11.2. The second-order valence-electron chi connectivity index (χ2n) is 0.829. The average Bonchev–Trinajstić information content (AvgIpc) is 1.83. The molecule has 0 radical (unpaired) electrons. The van der Waals surface area contributed by atoms with E-state index in [-0.39, 0.29) is 6.02 Å². The standard InChI is InChI=1S/C3H5N3OS/c1-7-3(5)6-8-2-4/h1H3,(H2,5,6). The number of nitrogens with zero attached hydrogens (tertiary/aromatic N) is 1. The highest BCUT2D eigenvalue weighted by Gasteiger charge is 1.87. The van der Waals surface area contributed by atoms with Gasteiger partial charge in [-0.15, -0.1) is 0 Å². The molecule has 44 valence electrons. The van der Waals surface area contributed by atoms with Gasteiger partial charge in [-0.1, -0.05) is 0 Å². The van der Waals surface area contributed by atoms with Crippen molar-refractivity contribution < 1.29 is 4.74 Å². The van der Waals surface area contributed by atoms with Crippen LogP contribution in [0, 0.1) is 16.1 Å². The van der Waals surface area contributed by atoms with E-state index in [2.05, 4.69) is 9.46 Å². The van der Waals surface area contributed by atoms with Gasteiger partial charge in [-0.05, 0) is 0 Å². The fourth-order valence-electron chi connectivity index (χ4n) is 0.111. The van der Waals surface area contributed by atoms with Crippen molar-refractivity contribution >= 4 is 18.0 Å². The average molecular weight is 131 g/mol. The van der Waals surface area contributed by atoms with Crippen molar-refractivity contribution in [3.63, 3.8) is 0 Å². The predicted octanol–water partition coefficient (Wildman–Crippen LogP) is 0.286. The Morgan fingerprint density at radius 3 is 3.00 bits per heavy atom. The van der Waals surface area contributed by atoms with Gasteiger partial charge in [0.2, 0.25) is 0 Å². The van der Waals surface area contributed by atoms with E-state index < -0.39 is 0 Å². The summed E-state index contributed by atoms with van der Waals surface area (Å²) in [7, 11) is 1.35. The van der Waals surface area contributed by atoms with E-state index in [1.165, 1.54) is 7.11 Å². The molecule has 0 bridgehead atoms. The van der Waals surface area contributed by atoms with Crippen LogP contribution in [0.5, 0.6) is 0 Å². The predicted molar refractivity (Wildman–Crippen MR) is 31.1 cm³/mol. The molecule has 2 N–H and O–H groups in total. The third-order valence-electron chi connectivity index (χ3n) is 0.393. The molecule has 0 unspecified atom stereocenters. The first-order chi connectivity index (χ1) is 3.81. The molecule has 0 rings (SSSR count). The highest BCUT2D eigenvalue weighted by molar-refractivity contribution is 8.02. The summed E-state index contributed by atoms with van der Waals surface area (Å²) in [5.41, 5.74) is 0. The smallest absolute Gasteiger partial charge is 0.292 e. The van der Waals surface area contributed by atoms with Crippen molar-refractivity contribution in [2.24, 2.45) is 0 Å². The zero-order chi connectivity index (χ0) is 6.41. The molecule has 0 saturated carbocycles. The Morgan fingerprint density at radius 2 is 2.62 bits per heavy atom. The van der Waals surface area contributed by atoms with Crippen molar-refractivity contribution in [3.8, 4) is 5.40 Å². The monoisotopic (exact) mass is 131 g/mol. The lowest BCUT2D eigenvalue weighted by molar-refractivity contribution is 0.388. The molecule has 0 aromatic heterocycles. The van der Waals surface area contributed by atoms with E-state index in [1.807, 2.05) is 0 Å². The second-order valence-corrected chi connectivity index (χ2v) is 1.42. The van der Waals surface area contributed by atoms with Gasteiger partial charge in [0.1, 0.15) is 0 Å². The third-order valence-corrected chi connectivity index (χ3v) is 0.772. The van der Waals surface area contributed by atoms with Gasteiger partial charge < -0.3 is 4.74 Å². The van der Waals surface area contributed by atoms with Crippen molar-refractivity contribution in [1.29, 1.82) is 10.7 Å². The summed E-state index contributed by atoms with van der Waals surface area (Å²) in [6.45, 7) is 0. The van der Waals surface area contributed by atoms with Gasteiger partial charge in [0, 0.05) is 0 Å². The van der Waals surface area contributed by atoms with Crippen LogP contribution in [0.25, 0.3) is 0 Å². The number of nitriles is 1. The Kier molecular flexibility index (Phi) is 3.80. The molecule has 4 nitrogen and oxygen atoms in total. The topological polar surface area (TPSA) is 68.9 Å². The molecule has 0 saturated heterocycles. The molecule has 0 amide bonds. The first-order valence-electron chi connectivity index (χ1n) is 1.74. The lowest BCUT2D eigenvalue weighted by Crippen LogP contribution is -2.14. The minimum absolute atomic E-state index is 0.114. The minimum atomic E-state index is -0.114. The van der Waals surface area contributed by atoms with Gasteiger partial charge in [-0.3, -0.25) is 10.1 Å². The molecule has 0 aliphatic heterocycles. The van der Waals surface area contributed by atoms with Gasteiger partial charge in [-0.25, -0.2) is 0 Å². The van der Waals surface area contributed by atoms with Gasteiger partial charge in [-0.2, -0.15) is 5.26 Å². The molecule has 0 heterocycles. The number of methoxy groups -OCH3 is 1. The van der Waals surface area contributed by atoms with Crippen molar-refractivity contribution in [3.05, 3.63) is 0 Å². The van der Waals surface area contributed by atoms with Crippen LogP contribution in [0.3, 0.4) is 0 Å². The van der Waals surface area contributed by atoms with Crippen LogP contribution in [-0.2, 0) is 4.74 Å². The Morgan fingerprint density at radius 1 is 2.00 bits per heavy atom. The molecular formula is C3H5N3OS. The molecule has 0 spiro atoms. The number of hydrogen-bond acceptors (Lipinski definition) is 4. The Labute approximate surface area is 51.5 Å². The van der Waals surface area contributed by atoms with Crippen LogP contribution in [0.1, 0.15) is 0 Å². The number of hydrogen-bond donors (Lipinski definition) is 2. The quantitative estimate of drug-likeness (QED) is 0.232.